The lowest BCUT2D eigenvalue weighted by atomic mass is 10.2. The standard InChI is InChI=1S/C13H12N2O2S2/c1-8(16)14-9-2-4-10(5-3-9)15-13(17)12-6-11(18)7-19-12/h2-7,18H,1H3,(H,14,16)(H,15,17). The number of hydrogen-bond donors (Lipinski definition) is 3. The molecule has 1 heterocycles. The van der Waals surface area contributed by atoms with Gasteiger partial charge in [0.2, 0.25) is 5.91 Å². The molecule has 0 aliphatic carbocycles. The summed E-state index contributed by atoms with van der Waals surface area (Å²) in [5.74, 6) is -0.297. The molecule has 6 heteroatoms. The van der Waals surface area contributed by atoms with Crippen LogP contribution in [0.5, 0.6) is 0 Å². The SMILES string of the molecule is CC(=O)Nc1ccc(NC(=O)c2cc(S)cs2)cc1. The van der Waals surface area contributed by atoms with Gasteiger partial charge in [0.05, 0.1) is 4.88 Å². The van der Waals surface area contributed by atoms with Crippen LogP contribution in [-0.4, -0.2) is 11.8 Å². The molecule has 0 aliphatic heterocycles. The Morgan fingerprint density at radius 2 is 1.68 bits per heavy atom. The lowest BCUT2D eigenvalue weighted by Crippen LogP contribution is -2.10. The van der Waals surface area contributed by atoms with Crippen LogP contribution in [0.15, 0.2) is 40.6 Å². The number of benzene rings is 1. The molecular weight excluding hydrogens is 280 g/mol. The van der Waals surface area contributed by atoms with Crippen LogP contribution in [0, 0.1) is 0 Å². The molecule has 2 aromatic rings. The molecule has 1 aromatic carbocycles. The Morgan fingerprint density at radius 1 is 1.11 bits per heavy atom. The zero-order valence-electron chi connectivity index (χ0n) is 10.1. The minimum absolute atomic E-state index is 0.128. The number of rotatable bonds is 3. The van der Waals surface area contributed by atoms with E-state index < -0.39 is 0 Å². The molecule has 0 bridgehead atoms. The van der Waals surface area contributed by atoms with Gasteiger partial charge in [-0.05, 0) is 30.3 Å². The first-order valence-electron chi connectivity index (χ1n) is 5.51. The molecule has 0 atom stereocenters. The Bertz CT molecular complexity index is 605. The van der Waals surface area contributed by atoms with Crippen molar-refractivity contribution in [3.8, 4) is 0 Å². The van der Waals surface area contributed by atoms with Gasteiger partial charge in [0.1, 0.15) is 0 Å². The van der Waals surface area contributed by atoms with Gasteiger partial charge in [-0.15, -0.1) is 24.0 Å². The quantitative estimate of drug-likeness (QED) is 0.761. The summed E-state index contributed by atoms with van der Waals surface area (Å²) in [6.07, 6.45) is 0. The molecule has 0 fully saturated rings. The number of thiol groups is 1. The minimum Gasteiger partial charge on any atom is -0.326 e. The summed E-state index contributed by atoms with van der Waals surface area (Å²) in [6.45, 7) is 1.45. The highest BCUT2D eigenvalue weighted by Gasteiger charge is 2.08. The number of carbonyl (C=O) groups excluding carboxylic acids is 2. The third-order valence-corrected chi connectivity index (χ3v) is 3.63. The van der Waals surface area contributed by atoms with Crippen LogP contribution in [0.2, 0.25) is 0 Å². The molecule has 2 rings (SSSR count). The third-order valence-electron chi connectivity index (χ3n) is 2.27. The van der Waals surface area contributed by atoms with Crippen LogP contribution in [0.25, 0.3) is 0 Å². The average molecular weight is 292 g/mol. The van der Waals surface area contributed by atoms with Crippen molar-refractivity contribution in [2.24, 2.45) is 0 Å². The van der Waals surface area contributed by atoms with Crippen LogP contribution >= 0.6 is 24.0 Å². The molecule has 0 saturated heterocycles. The normalized spacial score (nSPS) is 10.0. The van der Waals surface area contributed by atoms with E-state index in [4.69, 9.17) is 0 Å². The van der Waals surface area contributed by atoms with Crippen LogP contribution < -0.4 is 10.6 Å². The Morgan fingerprint density at radius 3 is 2.16 bits per heavy atom. The van der Waals surface area contributed by atoms with Crippen molar-refractivity contribution < 1.29 is 9.59 Å². The van der Waals surface area contributed by atoms with E-state index in [-0.39, 0.29) is 11.8 Å². The van der Waals surface area contributed by atoms with Crippen molar-refractivity contribution >= 4 is 47.2 Å². The smallest absolute Gasteiger partial charge is 0.265 e. The second kappa shape index (κ2) is 5.90. The zero-order valence-corrected chi connectivity index (χ0v) is 11.8. The second-order valence-electron chi connectivity index (χ2n) is 3.88. The molecule has 0 saturated carbocycles. The van der Waals surface area contributed by atoms with Gasteiger partial charge in [0, 0.05) is 28.6 Å². The van der Waals surface area contributed by atoms with Crippen molar-refractivity contribution in [2.45, 2.75) is 11.8 Å². The van der Waals surface area contributed by atoms with Crippen LogP contribution in [0.3, 0.4) is 0 Å². The Balaban J connectivity index is 2.03. The van der Waals surface area contributed by atoms with Gasteiger partial charge in [-0.2, -0.15) is 0 Å². The van der Waals surface area contributed by atoms with Gasteiger partial charge in [-0.3, -0.25) is 9.59 Å². The summed E-state index contributed by atoms with van der Waals surface area (Å²) < 4.78 is 0. The highest BCUT2D eigenvalue weighted by molar-refractivity contribution is 7.80. The summed E-state index contributed by atoms with van der Waals surface area (Å²) in [4.78, 5) is 24.1. The summed E-state index contributed by atoms with van der Waals surface area (Å²) in [7, 11) is 0. The lowest BCUT2D eigenvalue weighted by Gasteiger charge is -2.05. The molecule has 19 heavy (non-hydrogen) atoms. The molecule has 0 spiro atoms. The van der Waals surface area contributed by atoms with E-state index in [1.807, 2.05) is 0 Å². The first-order valence-corrected chi connectivity index (χ1v) is 6.84. The predicted molar refractivity (Wildman–Crippen MR) is 80.3 cm³/mol. The second-order valence-corrected chi connectivity index (χ2v) is 5.31. The van der Waals surface area contributed by atoms with E-state index in [0.717, 1.165) is 4.90 Å². The van der Waals surface area contributed by atoms with E-state index >= 15 is 0 Å². The third kappa shape index (κ3) is 3.84. The molecule has 0 aliphatic rings. The monoisotopic (exact) mass is 292 g/mol. The fourth-order valence-electron chi connectivity index (χ4n) is 1.48. The maximum Gasteiger partial charge on any atom is 0.265 e. The van der Waals surface area contributed by atoms with Crippen molar-refractivity contribution in [2.75, 3.05) is 10.6 Å². The highest BCUT2D eigenvalue weighted by atomic mass is 32.1. The van der Waals surface area contributed by atoms with E-state index in [0.29, 0.717) is 16.3 Å². The Labute approximate surface area is 120 Å². The summed E-state index contributed by atoms with van der Waals surface area (Å²) in [5.41, 5.74) is 1.37. The number of amides is 2. The van der Waals surface area contributed by atoms with Gasteiger partial charge >= 0.3 is 0 Å². The summed E-state index contributed by atoms with van der Waals surface area (Å²) in [5, 5.41) is 7.24. The van der Waals surface area contributed by atoms with Gasteiger partial charge in [-0.1, -0.05) is 0 Å². The topological polar surface area (TPSA) is 58.2 Å². The fraction of sp³-hybridized carbons (Fsp3) is 0.0769. The average Bonchev–Trinajstić information content (AvgIpc) is 2.78. The Hall–Kier alpha value is -1.79. The first-order chi connectivity index (χ1) is 9.04. The van der Waals surface area contributed by atoms with Crippen molar-refractivity contribution in [1.82, 2.24) is 0 Å². The van der Waals surface area contributed by atoms with Crippen LogP contribution in [-0.2, 0) is 4.79 Å². The van der Waals surface area contributed by atoms with Gasteiger partial charge in [0.25, 0.3) is 5.91 Å². The largest absolute Gasteiger partial charge is 0.326 e. The molecule has 98 valence electrons. The number of hydrogen-bond acceptors (Lipinski definition) is 4. The molecular formula is C13H12N2O2S2. The zero-order chi connectivity index (χ0) is 13.8. The maximum atomic E-state index is 11.9. The van der Waals surface area contributed by atoms with E-state index in [1.165, 1.54) is 18.3 Å². The number of nitrogens with one attached hydrogen (secondary N) is 2. The molecule has 0 radical (unpaired) electrons. The maximum absolute atomic E-state index is 11.9. The molecule has 2 amide bonds. The van der Waals surface area contributed by atoms with Gasteiger partial charge < -0.3 is 10.6 Å². The number of carbonyl (C=O) groups is 2. The van der Waals surface area contributed by atoms with Crippen LogP contribution in [0.4, 0.5) is 11.4 Å². The van der Waals surface area contributed by atoms with E-state index in [1.54, 1.807) is 35.7 Å². The van der Waals surface area contributed by atoms with E-state index in [2.05, 4.69) is 23.3 Å². The summed E-state index contributed by atoms with van der Waals surface area (Å²) >= 11 is 5.50. The first kappa shape index (κ1) is 13.6. The molecule has 4 nitrogen and oxygen atoms in total. The van der Waals surface area contributed by atoms with Gasteiger partial charge in [0.15, 0.2) is 0 Å². The fourth-order valence-corrected chi connectivity index (χ4v) is 2.52. The Kier molecular flexibility index (Phi) is 4.24. The molecule has 1 aromatic heterocycles. The van der Waals surface area contributed by atoms with Crippen molar-refractivity contribution in [3.63, 3.8) is 0 Å². The number of anilines is 2. The van der Waals surface area contributed by atoms with Gasteiger partial charge in [-0.25, -0.2) is 0 Å². The minimum atomic E-state index is -0.169. The predicted octanol–water partition coefficient (Wildman–Crippen LogP) is 3.25. The van der Waals surface area contributed by atoms with E-state index in [9.17, 15) is 9.59 Å². The molecule has 0 unspecified atom stereocenters. The van der Waals surface area contributed by atoms with Crippen molar-refractivity contribution in [3.05, 3.63) is 40.6 Å². The lowest BCUT2D eigenvalue weighted by molar-refractivity contribution is -0.114. The number of thiophene rings is 1. The summed E-state index contributed by atoms with van der Waals surface area (Å²) in [6, 6.07) is 8.65. The van der Waals surface area contributed by atoms with Crippen LogP contribution in [0.1, 0.15) is 16.6 Å². The van der Waals surface area contributed by atoms with Crippen molar-refractivity contribution in [1.29, 1.82) is 0 Å². The molecule has 2 N–H and O–H groups in total. The highest BCUT2D eigenvalue weighted by Crippen LogP contribution is 2.20.